The fourth-order valence-electron chi connectivity index (χ4n) is 1.41. The molecule has 0 unspecified atom stereocenters. The maximum Gasteiger partial charge on any atom is 0.433 e. The summed E-state index contributed by atoms with van der Waals surface area (Å²) in [6.07, 6.45) is 0.198. The minimum Gasteiger partial charge on any atom is -0.258 e. The SMILES string of the molecule is CCC=N/C(=C\CC)c1nc(C)cc(C(F)(F)F)n1. The van der Waals surface area contributed by atoms with Gasteiger partial charge in [0.25, 0.3) is 0 Å². The zero-order valence-corrected chi connectivity index (χ0v) is 11.1. The number of aromatic nitrogens is 2. The number of halogens is 3. The van der Waals surface area contributed by atoms with E-state index in [-0.39, 0.29) is 11.5 Å². The molecule has 0 spiro atoms. The molecule has 0 bridgehead atoms. The van der Waals surface area contributed by atoms with Gasteiger partial charge in [-0.15, -0.1) is 0 Å². The highest BCUT2D eigenvalue weighted by Crippen LogP contribution is 2.28. The first-order valence-electron chi connectivity index (χ1n) is 6.04. The molecule has 1 aromatic rings. The number of rotatable bonds is 4. The summed E-state index contributed by atoms with van der Waals surface area (Å²) in [5.74, 6) is 0.0128. The quantitative estimate of drug-likeness (QED) is 0.775. The summed E-state index contributed by atoms with van der Waals surface area (Å²) in [6, 6.07) is 0.927. The van der Waals surface area contributed by atoms with Gasteiger partial charge in [-0.2, -0.15) is 13.2 Å². The van der Waals surface area contributed by atoms with Gasteiger partial charge in [0.1, 0.15) is 11.4 Å². The molecule has 0 aliphatic rings. The Bertz CT molecular complexity index is 490. The van der Waals surface area contributed by atoms with Crippen LogP contribution in [0.25, 0.3) is 5.70 Å². The molecule has 1 heterocycles. The van der Waals surface area contributed by atoms with E-state index in [1.807, 2.05) is 13.8 Å². The summed E-state index contributed by atoms with van der Waals surface area (Å²) in [4.78, 5) is 11.7. The van der Waals surface area contributed by atoms with Crippen LogP contribution in [-0.4, -0.2) is 16.2 Å². The van der Waals surface area contributed by atoms with E-state index in [0.717, 1.165) is 6.07 Å². The smallest absolute Gasteiger partial charge is 0.258 e. The molecule has 0 atom stereocenters. The second kappa shape index (κ2) is 6.45. The third-order valence-corrected chi connectivity index (χ3v) is 2.18. The molecule has 0 aliphatic heterocycles. The van der Waals surface area contributed by atoms with E-state index < -0.39 is 11.9 Å². The summed E-state index contributed by atoms with van der Waals surface area (Å²) in [6.45, 7) is 5.28. The lowest BCUT2D eigenvalue weighted by Crippen LogP contribution is -2.11. The Morgan fingerprint density at radius 2 is 1.95 bits per heavy atom. The van der Waals surface area contributed by atoms with Crippen molar-refractivity contribution in [2.75, 3.05) is 0 Å². The zero-order chi connectivity index (χ0) is 14.5. The summed E-state index contributed by atoms with van der Waals surface area (Å²) in [7, 11) is 0. The number of allylic oxidation sites excluding steroid dienone is 1. The second-order valence-corrected chi connectivity index (χ2v) is 3.93. The standard InChI is InChI=1S/C13H16F3N3/c1-4-6-10(17-7-5-2)12-18-9(3)8-11(19-12)13(14,15)16/h6-8H,4-5H2,1-3H3/b10-6-,17-7?. The second-order valence-electron chi connectivity index (χ2n) is 3.93. The Balaban J connectivity index is 3.28. The molecule has 0 N–H and O–H groups in total. The van der Waals surface area contributed by atoms with Crippen LogP contribution in [0.2, 0.25) is 0 Å². The summed E-state index contributed by atoms with van der Waals surface area (Å²) in [5, 5.41) is 0. The van der Waals surface area contributed by atoms with Crippen LogP contribution in [0.1, 0.15) is 43.9 Å². The Hall–Kier alpha value is -1.72. The predicted octanol–water partition coefficient (Wildman–Crippen LogP) is 4.04. The molecule has 1 aromatic heterocycles. The number of hydrogen-bond acceptors (Lipinski definition) is 3. The molecular weight excluding hydrogens is 255 g/mol. The Morgan fingerprint density at radius 1 is 1.26 bits per heavy atom. The van der Waals surface area contributed by atoms with Gasteiger partial charge in [-0.05, 0) is 25.8 Å². The predicted molar refractivity (Wildman–Crippen MR) is 68.8 cm³/mol. The van der Waals surface area contributed by atoms with Gasteiger partial charge in [-0.1, -0.05) is 19.9 Å². The summed E-state index contributed by atoms with van der Waals surface area (Å²) < 4.78 is 38.1. The first kappa shape index (κ1) is 15.3. The van der Waals surface area contributed by atoms with Crippen LogP contribution >= 0.6 is 0 Å². The van der Waals surface area contributed by atoms with Gasteiger partial charge in [0, 0.05) is 11.9 Å². The molecular formula is C13H16F3N3. The van der Waals surface area contributed by atoms with E-state index >= 15 is 0 Å². The van der Waals surface area contributed by atoms with Gasteiger partial charge in [-0.3, -0.25) is 4.99 Å². The fraction of sp³-hybridized carbons (Fsp3) is 0.462. The van der Waals surface area contributed by atoms with Gasteiger partial charge in [0.15, 0.2) is 5.82 Å². The fourth-order valence-corrected chi connectivity index (χ4v) is 1.41. The Kier molecular flexibility index (Phi) is 5.20. The van der Waals surface area contributed by atoms with E-state index in [1.165, 1.54) is 6.92 Å². The lowest BCUT2D eigenvalue weighted by atomic mass is 10.2. The molecule has 0 radical (unpaired) electrons. The van der Waals surface area contributed by atoms with E-state index in [4.69, 9.17) is 0 Å². The highest BCUT2D eigenvalue weighted by molar-refractivity contribution is 5.70. The third-order valence-electron chi connectivity index (χ3n) is 2.18. The van der Waals surface area contributed by atoms with E-state index in [0.29, 0.717) is 18.5 Å². The van der Waals surface area contributed by atoms with Crippen molar-refractivity contribution < 1.29 is 13.2 Å². The molecule has 3 nitrogen and oxygen atoms in total. The lowest BCUT2D eigenvalue weighted by Gasteiger charge is -2.09. The Morgan fingerprint density at radius 3 is 2.47 bits per heavy atom. The van der Waals surface area contributed by atoms with Crippen molar-refractivity contribution in [3.8, 4) is 0 Å². The van der Waals surface area contributed by atoms with Crippen LogP contribution in [0.15, 0.2) is 17.1 Å². The summed E-state index contributed by atoms with van der Waals surface area (Å²) in [5.41, 5.74) is -0.298. The topological polar surface area (TPSA) is 38.1 Å². The number of nitrogens with zero attached hydrogens (tertiary/aromatic N) is 3. The van der Waals surface area contributed by atoms with Gasteiger partial charge in [-0.25, -0.2) is 9.97 Å². The first-order valence-corrected chi connectivity index (χ1v) is 6.04. The number of hydrogen-bond donors (Lipinski definition) is 0. The largest absolute Gasteiger partial charge is 0.433 e. The maximum atomic E-state index is 12.7. The van der Waals surface area contributed by atoms with Crippen LogP contribution in [-0.2, 0) is 6.18 Å². The first-order chi connectivity index (χ1) is 8.88. The highest BCUT2D eigenvalue weighted by atomic mass is 19.4. The normalized spacial score (nSPS) is 13.3. The van der Waals surface area contributed by atoms with E-state index in [2.05, 4.69) is 15.0 Å². The van der Waals surface area contributed by atoms with Crippen molar-refractivity contribution in [2.24, 2.45) is 4.99 Å². The minimum absolute atomic E-state index is 0.0128. The van der Waals surface area contributed by atoms with Gasteiger partial charge in [0.2, 0.25) is 0 Å². The summed E-state index contributed by atoms with van der Waals surface area (Å²) >= 11 is 0. The molecule has 0 saturated carbocycles. The molecule has 1 rings (SSSR count). The van der Waals surface area contributed by atoms with Gasteiger partial charge in [0.05, 0.1) is 0 Å². The van der Waals surface area contributed by atoms with Crippen LogP contribution in [0.3, 0.4) is 0 Å². The molecule has 0 fully saturated rings. The highest BCUT2D eigenvalue weighted by Gasteiger charge is 2.33. The van der Waals surface area contributed by atoms with Crippen LogP contribution < -0.4 is 0 Å². The van der Waals surface area contributed by atoms with Crippen LogP contribution in [0, 0.1) is 6.92 Å². The van der Waals surface area contributed by atoms with E-state index in [1.54, 1.807) is 12.3 Å². The number of aliphatic imine (C=N–C) groups is 1. The van der Waals surface area contributed by atoms with Crippen molar-refractivity contribution in [3.63, 3.8) is 0 Å². The molecule has 19 heavy (non-hydrogen) atoms. The van der Waals surface area contributed by atoms with Gasteiger partial charge >= 0.3 is 6.18 Å². The molecule has 0 amide bonds. The molecule has 104 valence electrons. The number of alkyl halides is 3. The molecule has 0 aliphatic carbocycles. The number of aryl methyl sites for hydroxylation is 1. The van der Waals surface area contributed by atoms with Crippen molar-refractivity contribution in [1.82, 2.24) is 9.97 Å². The molecule has 0 saturated heterocycles. The van der Waals surface area contributed by atoms with Gasteiger partial charge < -0.3 is 0 Å². The maximum absolute atomic E-state index is 12.7. The molecule has 0 aromatic carbocycles. The van der Waals surface area contributed by atoms with E-state index in [9.17, 15) is 13.2 Å². The average Bonchev–Trinajstić information content (AvgIpc) is 2.32. The van der Waals surface area contributed by atoms with Crippen molar-refractivity contribution in [1.29, 1.82) is 0 Å². The third kappa shape index (κ3) is 4.46. The molecule has 6 heteroatoms. The lowest BCUT2D eigenvalue weighted by molar-refractivity contribution is -0.141. The van der Waals surface area contributed by atoms with Crippen molar-refractivity contribution in [3.05, 3.63) is 29.4 Å². The average molecular weight is 271 g/mol. The minimum atomic E-state index is -4.48. The van der Waals surface area contributed by atoms with Crippen molar-refractivity contribution >= 4 is 11.9 Å². The monoisotopic (exact) mass is 271 g/mol. The zero-order valence-electron chi connectivity index (χ0n) is 11.1. The van der Waals surface area contributed by atoms with Crippen LogP contribution in [0.5, 0.6) is 0 Å². The van der Waals surface area contributed by atoms with Crippen LogP contribution in [0.4, 0.5) is 13.2 Å². The van der Waals surface area contributed by atoms with Crippen molar-refractivity contribution in [2.45, 2.75) is 39.8 Å². The Labute approximate surface area is 110 Å².